The molecule has 0 spiro atoms. The monoisotopic (exact) mass is 514 g/mol. The minimum atomic E-state index is -0.146. The molecule has 4 heterocycles. The number of likely N-dealkylation sites (tertiary alicyclic amines) is 1. The standard InChI is InChI=1S/C28H30N4O3.CO2/c1-18-15-25-23(26-24(27(33)30-25)17-29-32(26)21-9-13-35-14-10-21)16-22(18)28(34)31-11-7-20(8-12-31)19-5-3-2-4-6-19;2-1-3/h2-6,15-17,20-21H,7-14H2,1H3,(H,30,33);. The Labute approximate surface area is 219 Å². The van der Waals surface area contributed by atoms with Gasteiger partial charge in [0.05, 0.1) is 28.7 Å². The van der Waals surface area contributed by atoms with E-state index >= 15 is 0 Å². The van der Waals surface area contributed by atoms with Crippen LogP contribution in [0.25, 0.3) is 21.8 Å². The average Bonchev–Trinajstić information content (AvgIpc) is 3.40. The molecule has 0 radical (unpaired) electrons. The van der Waals surface area contributed by atoms with Crippen LogP contribution in [0.1, 0.15) is 59.1 Å². The Hall–Kier alpha value is -4.07. The van der Waals surface area contributed by atoms with E-state index in [4.69, 9.17) is 14.3 Å². The highest BCUT2D eigenvalue weighted by Crippen LogP contribution is 2.32. The maximum atomic E-state index is 13.7. The summed E-state index contributed by atoms with van der Waals surface area (Å²) < 4.78 is 7.51. The number of aromatic amines is 1. The lowest BCUT2D eigenvalue weighted by molar-refractivity contribution is -0.191. The minimum absolute atomic E-state index is 0.0624. The number of hydrogen-bond acceptors (Lipinski definition) is 6. The predicted molar refractivity (Wildman–Crippen MR) is 141 cm³/mol. The number of carbonyl (C=O) groups is 1. The Balaban J connectivity index is 0.000000937. The third kappa shape index (κ3) is 4.90. The highest BCUT2D eigenvalue weighted by atomic mass is 16.5. The number of ether oxygens (including phenoxy) is 1. The molecule has 0 atom stereocenters. The molecule has 9 heteroatoms. The van der Waals surface area contributed by atoms with Gasteiger partial charge in [-0.15, -0.1) is 0 Å². The second-order valence-corrected chi connectivity index (χ2v) is 9.92. The number of fused-ring (bicyclic) bond motifs is 3. The van der Waals surface area contributed by atoms with Crippen LogP contribution in [0.2, 0.25) is 0 Å². The zero-order valence-electron chi connectivity index (χ0n) is 21.3. The molecule has 2 aliphatic rings. The summed E-state index contributed by atoms with van der Waals surface area (Å²) in [5, 5.41) is 6.04. The van der Waals surface area contributed by atoms with E-state index in [2.05, 4.69) is 34.3 Å². The Morgan fingerprint density at radius 1 is 1.03 bits per heavy atom. The lowest BCUT2D eigenvalue weighted by atomic mass is 9.89. The minimum Gasteiger partial charge on any atom is -0.381 e. The van der Waals surface area contributed by atoms with Crippen LogP contribution in [0.5, 0.6) is 0 Å². The second kappa shape index (κ2) is 11.1. The molecule has 6 rings (SSSR count). The first-order valence-electron chi connectivity index (χ1n) is 13.0. The number of carbonyl (C=O) groups excluding carboxylic acids is 3. The molecule has 0 bridgehead atoms. The summed E-state index contributed by atoms with van der Waals surface area (Å²) in [5.41, 5.74) is 4.34. The van der Waals surface area contributed by atoms with Crippen LogP contribution >= 0.6 is 0 Å². The van der Waals surface area contributed by atoms with Crippen molar-refractivity contribution in [2.75, 3.05) is 26.3 Å². The molecule has 2 saturated heterocycles. The van der Waals surface area contributed by atoms with Gasteiger partial charge in [-0.1, -0.05) is 30.3 Å². The number of rotatable bonds is 3. The molecule has 1 N–H and O–H groups in total. The third-order valence-electron chi connectivity index (χ3n) is 7.73. The average molecular weight is 515 g/mol. The molecule has 0 aliphatic carbocycles. The lowest BCUT2D eigenvalue weighted by Crippen LogP contribution is -2.38. The highest BCUT2D eigenvalue weighted by Gasteiger charge is 2.27. The number of aromatic nitrogens is 3. The van der Waals surface area contributed by atoms with Gasteiger partial charge in [0.1, 0.15) is 0 Å². The Morgan fingerprint density at radius 3 is 2.39 bits per heavy atom. The van der Waals surface area contributed by atoms with Crippen molar-refractivity contribution in [3.05, 3.63) is 75.7 Å². The number of nitrogens with one attached hydrogen (secondary N) is 1. The summed E-state index contributed by atoms with van der Waals surface area (Å²) in [6.07, 6.45) is 5.56. The number of aryl methyl sites for hydroxylation is 1. The number of nitrogens with zero attached hydrogens (tertiary/aromatic N) is 3. The Kier molecular flexibility index (Phi) is 7.49. The van der Waals surface area contributed by atoms with Crippen LogP contribution in [-0.2, 0) is 14.3 Å². The number of benzene rings is 2. The first-order chi connectivity index (χ1) is 18.5. The van der Waals surface area contributed by atoms with Gasteiger partial charge in [-0.2, -0.15) is 14.7 Å². The van der Waals surface area contributed by atoms with Gasteiger partial charge in [0, 0.05) is 37.3 Å². The normalized spacial score (nSPS) is 16.7. The van der Waals surface area contributed by atoms with Crippen molar-refractivity contribution in [2.45, 2.75) is 44.6 Å². The highest BCUT2D eigenvalue weighted by molar-refractivity contribution is 6.07. The summed E-state index contributed by atoms with van der Waals surface area (Å²) in [5.74, 6) is 0.559. The van der Waals surface area contributed by atoms with Gasteiger partial charge >= 0.3 is 6.15 Å². The SMILES string of the molecule is Cc1cc2[nH]c(=O)c3cnn(C4CCOCC4)c3c2cc1C(=O)N1CCC(c2ccccc2)CC1.O=C=O. The maximum Gasteiger partial charge on any atom is 0.373 e. The quantitative estimate of drug-likeness (QED) is 0.442. The molecule has 4 aromatic rings. The summed E-state index contributed by atoms with van der Waals surface area (Å²) in [6, 6.07) is 14.7. The van der Waals surface area contributed by atoms with Gasteiger partial charge in [-0.3, -0.25) is 14.3 Å². The first kappa shape index (κ1) is 25.6. The van der Waals surface area contributed by atoms with Gasteiger partial charge in [0.25, 0.3) is 11.5 Å². The topological polar surface area (TPSA) is 114 Å². The van der Waals surface area contributed by atoms with Crippen LogP contribution in [0, 0.1) is 6.92 Å². The van der Waals surface area contributed by atoms with Crippen molar-refractivity contribution in [1.29, 1.82) is 0 Å². The van der Waals surface area contributed by atoms with Gasteiger partial charge in [0.2, 0.25) is 0 Å². The van der Waals surface area contributed by atoms with Gasteiger partial charge in [-0.05, 0) is 61.8 Å². The van der Waals surface area contributed by atoms with E-state index in [1.54, 1.807) is 6.20 Å². The van der Waals surface area contributed by atoms with Gasteiger partial charge < -0.3 is 14.6 Å². The van der Waals surface area contributed by atoms with Crippen molar-refractivity contribution in [1.82, 2.24) is 19.7 Å². The van der Waals surface area contributed by atoms with Crippen molar-refractivity contribution >= 4 is 33.9 Å². The molecule has 2 aromatic heterocycles. The van der Waals surface area contributed by atoms with Gasteiger partial charge in [0.15, 0.2) is 0 Å². The van der Waals surface area contributed by atoms with E-state index in [9.17, 15) is 9.59 Å². The summed E-state index contributed by atoms with van der Waals surface area (Å²) in [6.45, 7) is 4.82. The van der Waals surface area contributed by atoms with E-state index in [-0.39, 0.29) is 23.7 Å². The molecule has 0 unspecified atom stereocenters. The molecule has 2 fully saturated rings. The van der Waals surface area contributed by atoms with Crippen molar-refractivity contribution in [3.63, 3.8) is 0 Å². The molecular weight excluding hydrogens is 484 g/mol. The third-order valence-corrected chi connectivity index (χ3v) is 7.73. The van der Waals surface area contributed by atoms with Crippen LogP contribution in [0.15, 0.2) is 53.5 Å². The van der Waals surface area contributed by atoms with Crippen LogP contribution < -0.4 is 5.56 Å². The molecule has 38 heavy (non-hydrogen) atoms. The first-order valence-corrected chi connectivity index (χ1v) is 13.0. The molecule has 2 aliphatic heterocycles. The Morgan fingerprint density at radius 2 is 1.71 bits per heavy atom. The predicted octanol–water partition coefficient (Wildman–Crippen LogP) is 3.97. The number of pyridine rings is 1. The van der Waals surface area contributed by atoms with E-state index in [0.717, 1.165) is 60.8 Å². The fourth-order valence-electron chi connectivity index (χ4n) is 5.74. The molecule has 1 amide bonds. The number of piperidine rings is 1. The van der Waals surface area contributed by atoms with Crippen molar-refractivity contribution in [3.8, 4) is 0 Å². The zero-order valence-corrected chi connectivity index (χ0v) is 21.3. The number of hydrogen-bond donors (Lipinski definition) is 1. The van der Waals surface area contributed by atoms with Gasteiger partial charge in [-0.25, -0.2) is 0 Å². The van der Waals surface area contributed by atoms with E-state index < -0.39 is 0 Å². The molecular formula is C29H30N4O5. The fraction of sp³-hybridized carbons (Fsp3) is 0.379. The number of H-pyrrole nitrogens is 1. The fourth-order valence-corrected chi connectivity index (χ4v) is 5.74. The molecule has 0 saturated carbocycles. The molecule has 196 valence electrons. The largest absolute Gasteiger partial charge is 0.381 e. The zero-order chi connectivity index (χ0) is 26.6. The number of amides is 1. The summed E-state index contributed by atoms with van der Waals surface area (Å²) >= 11 is 0. The van der Waals surface area contributed by atoms with Crippen molar-refractivity contribution < 1.29 is 19.1 Å². The molecule has 2 aromatic carbocycles. The maximum absolute atomic E-state index is 13.7. The van der Waals surface area contributed by atoms with E-state index in [1.165, 1.54) is 5.56 Å². The van der Waals surface area contributed by atoms with Crippen LogP contribution in [0.3, 0.4) is 0 Å². The van der Waals surface area contributed by atoms with E-state index in [1.807, 2.05) is 34.7 Å². The van der Waals surface area contributed by atoms with E-state index in [0.29, 0.717) is 30.1 Å². The summed E-state index contributed by atoms with van der Waals surface area (Å²) in [4.78, 5) is 47.7. The lowest BCUT2D eigenvalue weighted by Gasteiger charge is -2.32. The van der Waals surface area contributed by atoms with Crippen LogP contribution in [0.4, 0.5) is 0 Å². The second-order valence-electron chi connectivity index (χ2n) is 9.92. The smallest absolute Gasteiger partial charge is 0.373 e. The molecule has 9 nitrogen and oxygen atoms in total. The Bertz CT molecular complexity index is 1540. The summed E-state index contributed by atoms with van der Waals surface area (Å²) in [7, 11) is 0. The van der Waals surface area contributed by atoms with Crippen molar-refractivity contribution in [2.24, 2.45) is 0 Å². The van der Waals surface area contributed by atoms with Crippen LogP contribution in [-0.4, -0.2) is 58.0 Å².